The molecule has 0 spiro atoms. The molecule has 0 unspecified atom stereocenters. The van der Waals surface area contributed by atoms with Crippen LogP contribution in [-0.2, 0) is 4.79 Å². The van der Waals surface area contributed by atoms with Crippen LogP contribution < -0.4 is 10.1 Å². The van der Waals surface area contributed by atoms with Crippen LogP contribution in [0.2, 0.25) is 5.02 Å². The van der Waals surface area contributed by atoms with E-state index in [0.29, 0.717) is 16.8 Å². The van der Waals surface area contributed by atoms with Gasteiger partial charge in [-0.2, -0.15) is 0 Å². The van der Waals surface area contributed by atoms with Crippen molar-refractivity contribution < 1.29 is 9.53 Å². The summed E-state index contributed by atoms with van der Waals surface area (Å²) in [6, 6.07) is 7.66. The second-order valence-electron chi connectivity index (χ2n) is 6.25. The summed E-state index contributed by atoms with van der Waals surface area (Å²) in [6.07, 6.45) is 4.84. The molecule has 1 N–H and O–H groups in total. The molecule has 2 fully saturated rings. The first-order valence-electron chi connectivity index (χ1n) is 8.10. The summed E-state index contributed by atoms with van der Waals surface area (Å²) in [5.74, 6) is 1.65. The predicted molar refractivity (Wildman–Crippen MR) is 87.3 cm³/mol. The van der Waals surface area contributed by atoms with E-state index in [9.17, 15) is 4.79 Å². The highest BCUT2D eigenvalue weighted by Gasteiger charge is 2.26. The smallest absolute Gasteiger partial charge is 0.260 e. The Kier molecular flexibility index (Phi) is 5.21. The fourth-order valence-electron chi connectivity index (χ4n) is 2.76. The van der Waals surface area contributed by atoms with Gasteiger partial charge in [-0.05, 0) is 62.4 Å². The van der Waals surface area contributed by atoms with Gasteiger partial charge in [-0.15, -0.1) is 0 Å². The maximum atomic E-state index is 12.2. The zero-order valence-electron chi connectivity index (χ0n) is 12.8. The number of ether oxygens (including phenoxy) is 1. The van der Waals surface area contributed by atoms with Crippen LogP contribution in [0.25, 0.3) is 0 Å². The molecule has 1 amide bonds. The summed E-state index contributed by atoms with van der Waals surface area (Å²) in [7, 11) is 0. The summed E-state index contributed by atoms with van der Waals surface area (Å²) in [5, 5.41) is 4.29. The lowest BCUT2D eigenvalue weighted by molar-refractivity contribution is -0.134. The molecule has 0 aromatic heterocycles. The summed E-state index contributed by atoms with van der Waals surface area (Å²) < 4.78 is 5.52. The minimum atomic E-state index is 0.0654. The van der Waals surface area contributed by atoms with Crippen LogP contribution in [0.1, 0.15) is 25.7 Å². The second-order valence-corrected chi connectivity index (χ2v) is 6.69. The highest BCUT2D eigenvalue weighted by molar-refractivity contribution is 6.30. The van der Waals surface area contributed by atoms with Crippen molar-refractivity contribution in [2.24, 2.45) is 5.92 Å². The lowest BCUT2D eigenvalue weighted by Gasteiger charge is -2.32. The van der Waals surface area contributed by atoms with Crippen molar-refractivity contribution in [3.8, 4) is 5.75 Å². The highest BCUT2D eigenvalue weighted by atomic mass is 35.5. The number of carbonyl (C=O) groups is 1. The van der Waals surface area contributed by atoms with Crippen LogP contribution in [0.15, 0.2) is 24.3 Å². The first kappa shape index (κ1) is 15.6. The van der Waals surface area contributed by atoms with Crippen molar-refractivity contribution in [3.63, 3.8) is 0 Å². The van der Waals surface area contributed by atoms with Gasteiger partial charge in [0.25, 0.3) is 5.91 Å². The molecule has 1 saturated heterocycles. The van der Waals surface area contributed by atoms with Crippen LogP contribution in [0.3, 0.4) is 0 Å². The van der Waals surface area contributed by atoms with Gasteiger partial charge in [-0.25, -0.2) is 0 Å². The minimum absolute atomic E-state index is 0.0654. The zero-order valence-corrected chi connectivity index (χ0v) is 13.5. The van der Waals surface area contributed by atoms with E-state index >= 15 is 0 Å². The zero-order chi connectivity index (χ0) is 15.4. The monoisotopic (exact) mass is 322 g/mol. The number of hydrogen-bond acceptors (Lipinski definition) is 3. The molecule has 0 radical (unpaired) electrons. The van der Waals surface area contributed by atoms with Gasteiger partial charge in [0.05, 0.1) is 0 Å². The summed E-state index contributed by atoms with van der Waals surface area (Å²) in [5.41, 5.74) is 0. The lowest BCUT2D eigenvalue weighted by atomic mass is 10.0. The first-order chi connectivity index (χ1) is 10.7. The van der Waals surface area contributed by atoms with Crippen molar-refractivity contribution >= 4 is 17.5 Å². The first-order valence-corrected chi connectivity index (χ1v) is 8.48. The molecule has 1 aromatic rings. The summed E-state index contributed by atoms with van der Waals surface area (Å²) in [6.45, 7) is 2.90. The molecule has 120 valence electrons. The largest absolute Gasteiger partial charge is 0.484 e. The normalized spacial score (nSPS) is 19.2. The van der Waals surface area contributed by atoms with E-state index in [-0.39, 0.29) is 12.5 Å². The van der Waals surface area contributed by atoms with Crippen molar-refractivity contribution in [1.29, 1.82) is 0 Å². The maximum Gasteiger partial charge on any atom is 0.260 e. The summed E-state index contributed by atoms with van der Waals surface area (Å²) in [4.78, 5) is 14.1. The number of rotatable bonds is 6. The number of hydrogen-bond donors (Lipinski definition) is 1. The number of nitrogens with one attached hydrogen (secondary N) is 1. The molecule has 3 rings (SSSR count). The summed E-state index contributed by atoms with van der Waals surface area (Å²) >= 11 is 5.82. The Balaban J connectivity index is 1.36. The standard InChI is InChI=1S/C17H23ClN2O2/c18-14-3-5-16(6-4-14)22-12-17(21)20-9-7-15(8-10-20)19-11-13-1-2-13/h3-6,13,15,19H,1-2,7-12H2. The van der Waals surface area contributed by atoms with Gasteiger partial charge in [-0.1, -0.05) is 11.6 Å². The van der Waals surface area contributed by atoms with E-state index in [0.717, 1.165) is 38.4 Å². The molecule has 22 heavy (non-hydrogen) atoms. The van der Waals surface area contributed by atoms with Crippen LogP contribution in [0.4, 0.5) is 0 Å². The van der Waals surface area contributed by atoms with E-state index in [2.05, 4.69) is 5.32 Å². The van der Waals surface area contributed by atoms with Crippen molar-refractivity contribution in [2.45, 2.75) is 31.7 Å². The number of benzene rings is 1. The second kappa shape index (κ2) is 7.34. The van der Waals surface area contributed by atoms with Gasteiger partial charge < -0.3 is 15.0 Å². The van der Waals surface area contributed by atoms with E-state index in [1.165, 1.54) is 12.8 Å². The predicted octanol–water partition coefficient (Wildman–Crippen LogP) is 2.71. The van der Waals surface area contributed by atoms with Gasteiger partial charge in [0.1, 0.15) is 5.75 Å². The SMILES string of the molecule is O=C(COc1ccc(Cl)cc1)N1CCC(NCC2CC2)CC1. The molecule has 1 aliphatic carbocycles. The number of amides is 1. The van der Waals surface area contributed by atoms with Gasteiger partial charge in [0.15, 0.2) is 6.61 Å². The number of likely N-dealkylation sites (tertiary alicyclic amines) is 1. The molecule has 1 aliphatic heterocycles. The van der Waals surface area contributed by atoms with E-state index in [4.69, 9.17) is 16.3 Å². The Bertz CT molecular complexity index is 494. The topological polar surface area (TPSA) is 41.6 Å². The van der Waals surface area contributed by atoms with E-state index in [1.54, 1.807) is 24.3 Å². The molecule has 1 heterocycles. The van der Waals surface area contributed by atoms with Crippen LogP contribution in [0.5, 0.6) is 5.75 Å². The molecule has 2 aliphatic rings. The molecule has 5 heteroatoms. The Labute approximate surface area is 136 Å². The highest BCUT2D eigenvalue weighted by Crippen LogP contribution is 2.28. The third-order valence-electron chi connectivity index (χ3n) is 4.42. The third kappa shape index (κ3) is 4.62. The fraction of sp³-hybridized carbons (Fsp3) is 0.588. The molecule has 0 atom stereocenters. The van der Waals surface area contributed by atoms with Crippen LogP contribution in [-0.4, -0.2) is 43.1 Å². The Hall–Kier alpha value is -1.26. The molecule has 0 bridgehead atoms. The molecular formula is C17H23ClN2O2. The average molecular weight is 323 g/mol. The van der Waals surface area contributed by atoms with Crippen LogP contribution in [0, 0.1) is 5.92 Å². The Morgan fingerprint density at radius 3 is 2.50 bits per heavy atom. The lowest BCUT2D eigenvalue weighted by Crippen LogP contribution is -2.46. The van der Waals surface area contributed by atoms with Gasteiger partial charge in [0, 0.05) is 24.2 Å². The van der Waals surface area contributed by atoms with Crippen molar-refractivity contribution in [1.82, 2.24) is 10.2 Å². The molecular weight excluding hydrogens is 300 g/mol. The quantitative estimate of drug-likeness (QED) is 0.875. The van der Waals surface area contributed by atoms with Crippen LogP contribution >= 0.6 is 11.6 Å². The van der Waals surface area contributed by atoms with Crippen molar-refractivity contribution in [3.05, 3.63) is 29.3 Å². The van der Waals surface area contributed by atoms with Crippen molar-refractivity contribution in [2.75, 3.05) is 26.2 Å². The number of nitrogens with zero attached hydrogens (tertiary/aromatic N) is 1. The van der Waals surface area contributed by atoms with Gasteiger partial charge in [0.2, 0.25) is 0 Å². The number of halogens is 1. The Morgan fingerprint density at radius 2 is 1.86 bits per heavy atom. The molecule has 4 nitrogen and oxygen atoms in total. The molecule has 1 aromatic carbocycles. The van der Waals surface area contributed by atoms with Gasteiger partial charge >= 0.3 is 0 Å². The average Bonchev–Trinajstić information content (AvgIpc) is 3.37. The third-order valence-corrected chi connectivity index (χ3v) is 4.67. The number of piperidine rings is 1. The van der Waals surface area contributed by atoms with E-state index < -0.39 is 0 Å². The Morgan fingerprint density at radius 1 is 1.18 bits per heavy atom. The molecule has 1 saturated carbocycles. The number of carbonyl (C=O) groups excluding carboxylic acids is 1. The fourth-order valence-corrected chi connectivity index (χ4v) is 2.88. The van der Waals surface area contributed by atoms with Gasteiger partial charge in [-0.3, -0.25) is 4.79 Å². The van der Waals surface area contributed by atoms with E-state index in [1.807, 2.05) is 4.90 Å². The maximum absolute atomic E-state index is 12.2. The minimum Gasteiger partial charge on any atom is -0.484 e.